The minimum absolute atomic E-state index is 0.0290. The quantitative estimate of drug-likeness (QED) is 0.574. The van der Waals surface area contributed by atoms with Gasteiger partial charge >= 0.3 is 0 Å². The summed E-state index contributed by atoms with van der Waals surface area (Å²) in [6.07, 6.45) is -0.0580. The van der Waals surface area contributed by atoms with E-state index in [0.29, 0.717) is 13.2 Å². The minimum Gasteiger partial charge on any atom is -0.373 e. The second kappa shape index (κ2) is 3.88. The molecule has 4 heteroatoms. The van der Waals surface area contributed by atoms with E-state index in [2.05, 4.69) is 5.32 Å². The molecule has 0 aromatic carbocycles. The first kappa shape index (κ1) is 7.94. The molecular formula is C6H13NO3. The molecule has 0 aromatic heterocycles. The predicted molar refractivity (Wildman–Crippen MR) is 35.5 cm³/mol. The summed E-state index contributed by atoms with van der Waals surface area (Å²) in [5.41, 5.74) is 0. The average Bonchev–Trinajstić information content (AvgIpc) is 2.05. The summed E-state index contributed by atoms with van der Waals surface area (Å²) in [7, 11) is 3.28. The molecule has 1 rings (SSSR count). The molecule has 0 unspecified atom stereocenters. The summed E-state index contributed by atoms with van der Waals surface area (Å²) in [5, 5.41) is 3.08. The maximum atomic E-state index is 5.16. The lowest BCUT2D eigenvalue weighted by Crippen LogP contribution is -2.50. The van der Waals surface area contributed by atoms with E-state index in [1.165, 1.54) is 0 Å². The number of rotatable bonds is 2. The lowest BCUT2D eigenvalue weighted by Gasteiger charge is -2.28. The molecule has 0 spiro atoms. The Balaban J connectivity index is 2.25. The summed E-state index contributed by atoms with van der Waals surface area (Å²) < 4.78 is 15.2. The molecule has 1 heterocycles. The smallest absolute Gasteiger partial charge is 0.133 e. The molecule has 0 aliphatic carbocycles. The average molecular weight is 147 g/mol. The van der Waals surface area contributed by atoms with Gasteiger partial charge in [-0.05, 0) is 0 Å². The SMILES string of the molecule is CO[C@@H]1COC[C@H](OC)N1. The molecule has 1 saturated heterocycles. The van der Waals surface area contributed by atoms with Crippen molar-refractivity contribution < 1.29 is 14.2 Å². The maximum absolute atomic E-state index is 5.16. The van der Waals surface area contributed by atoms with Crippen LogP contribution in [-0.2, 0) is 14.2 Å². The summed E-state index contributed by atoms with van der Waals surface area (Å²) in [6, 6.07) is 0. The van der Waals surface area contributed by atoms with Crippen LogP contribution in [0.15, 0.2) is 0 Å². The van der Waals surface area contributed by atoms with Crippen molar-refractivity contribution in [3.05, 3.63) is 0 Å². The molecule has 1 aliphatic heterocycles. The van der Waals surface area contributed by atoms with Crippen molar-refractivity contribution in [3.63, 3.8) is 0 Å². The summed E-state index contributed by atoms with van der Waals surface area (Å²) in [6.45, 7) is 1.19. The molecular weight excluding hydrogens is 134 g/mol. The normalized spacial score (nSPS) is 34.2. The van der Waals surface area contributed by atoms with Gasteiger partial charge in [0, 0.05) is 14.2 Å². The van der Waals surface area contributed by atoms with Crippen molar-refractivity contribution in [2.45, 2.75) is 12.5 Å². The summed E-state index contributed by atoms with van der Waals surface area (Å²) in [4.78, 5) is 0. The van der Waals surface area contributed by atoms with Gasteiger partial charge in [0.05, 0.1) is 13.2 Å². The first-order chi connectivity index (χ1) is 4.86. The summed E-state index contributed by atoms with van der Waals surface area (Å²) in [5.74, 6) is 0. The standard InChI is InChI=1S/C6H13NO3/c1-8-5-3-10-4-6(7-5)9-2/h5-7H,3-4H2,1-2H3/t5-,6+. The van der Waals surface area contributed by atoms with Crippen LogP contribution in [0.4, 0.5) is 0 Å². The fourth-order valence-corrected chi connectivity index (χ4v) is 0.858. The zero-order valence-electron chi connectivity index (χ0n) is 6.29. The molecule has 60 valence electrons. The fourth-order valence-electron chi connectivity index (χ4n) is 0.858. The molecule has 0 amide bonds. The lowest BCUT2D eigenvalue weighted by atomic mass is 10.4. The van der Waals surface area contributed by atoms with E-state index in [-0.39, 0.29) is 12.5 Å². The van der Waals surface area contributed by atoms with Crippen LogP contribution in [-0.4, -0.2) is 39.9 Å². The van der Waals surface area contributed by atoms with E-state index in [9.17, 15) is 0 Å². The van der Waals surface area contributed by atoms with E-state index in [0.717, 1.165) is 0 Å². The van der Waals surface area contributed by atoms with Crippen LogP contribution in [0, 0.1) is 0 Å². The van der Waals surface area contributed by atoms with Crippen molar-refractivity contribution in [2.75, 3.05) is 27.4 Å². The van der Waals surface area contributed by atoms with Crippen molar-refractivity contribution in [1.82, 2.24) is 5.32 Å². The molecule has 0 radical (unpaired) electrons. The Hall–Kier alpha value is -0.160. The van der Waals surface area contributed by atoms with Crippen LogP contribution in [0.1, 0.15) is 0 Å². The Bertz CT molecular complexity index is 89.0. The van der Waals surface area contributed by atoms with Gasteiger partial charge in [0.2, 0.25) is 0 Å². The Morgan fingerprint density at radius 3 is 2.10 bits per heavy atom. The largest absolute Gasteiger partial charge is 0.373 e. The summed E-state index contributed by atoms with van der Waals surface area (Å²) >= 11 is 0. The Labute approximate surface area is 60.4 Å². The third kappa shape index (κ3) is 1.91. The number of methoxy groups -OCH3 is 2. The van der Waals surface area contributed by atoms with Crippen LogP contribution in [0.2, 0.25) is 0 Å². The highest BCUT2D eigenvalue weighted by atomic mass is 16.6. The molecule has 1 aliphatic rings. The number of ether oxygens (including phenoxy) is 3. The molecule has 10 heavy (non-hydrogen) atoms. The first-order valence-electron chi connectivity index (χ1n) is 3.26. The van der Waals surface area contributed by atoms with E-state index in [1.54, 1.807) is 14.2 Å². The van der Waals surface area contributed by atoms with Gasteiger partial charge in [0.1, 0.15) is 12.5 Å². The van der Waals surface area contributed by atoms with E-state index < -0.39 is 0 Å². The number of hydrogen-bond acceptors (Lipinski definition) is 4. The fraction of sp³-hybridized carbons (Fsp3) is 1.00. The van der Waals surface area contributed by atoms with Crippen molar-refractivity contribution in [2.24, 2.45) is 0 Å². The van der Waals surface area contributed by atoms with E-state index in [1.807, 2.05) is 0 Å². The highest BCUT2D eigenvalue weighted by Gasteiger charge is 2.19. The number of hydrogen-bond donors (Lipinski definition) is 1. The van der Waals surface area contributed by atoms with Gasteiger partial charge in [-0.15, -0.1) is 0 Å². The predicted octanol–water partition coefficient (Wildman–Crippen LogP) is -0.449. The van der Waals surface area contributed by atoms with Crippen molar-refractivity contribution >= 4 is 0 Å². The third-order valence-electron chi connectivity index (χ3n) is 1.48. The number of morpholine rings is 1. The third-order valence-corrected chi connectivity index (χ3v) is 1.48. The van der Waals surface area contributed by atoms with E-state index in [4.69, 9.17) is 14.2 Å². The second-order valence-corrected chi connectivity index (χ2v) is 2.15. The highest BCUT2D eigenvalue weighted by molar-refractivity contribution is 4.64. The van der Waals surface area contributed by atoms with Crippen molar-refractivity contribution in [1.29, 1.82) is 0 Å². The van der Waals surface area contributed by atoms with Gasteiger partial charge in [-0.25, -0.2) is 0 Å². The van der Waals surface area contributed by atoms with Crippen LogP contribution in [0.25, 0.3) is 0 Å². The van der Waals surface area contributed by atoms with Gasteiger partial charge in [-0.2, -0.15) is 0 Å². The zero-order valence-corrected chi connectivity index (χ0v) is 6.29. The molecule has 2 atom stereocenters. The van der Waals surface area contributed by atoms with Gasteiger partial charge < -0.3 is 14.2 Å². The minimum atomic E-state index is -0.0290. The maximum Gasteiger partial charge on any atom is 0.133 e. The zero-order chi connectivity index (χ0) is 7.40. The van der Waals surface area contributed by atoms with Gasteiger partial charge in [-0.1, -0.05) is 0 Å². The Kier molecular flexibility index (Phi) is 3.08. The van der Waals surface area contributed by atoms with Crippen LogP contribution in [0.5, 0.6) is 0 Å². The van der Waals surface area contributed by atoms with Crippen LogP contribution in [0.3, 0.4) is 0 Å². The van der Waals surface area contributed by atoms with Gasteiger partial charge in [0.25, 0.3) is 0 Å². The monoisotopic (exact) mass is 147 g/mol. The Morgan fingerprint density at radius 1 is 1.20 bits per heavy atom. The van der Waals surface area contributed by atoms with Gasteiger partial charge in [0.15, 0.2) is 0 Å². The highest BCUT2D eigenvalue weighted by Crippen LogP contribution is 1.99. The topological polar surface area (TPSA) is 39.7 Å². The van der Waals surface area contributed by atoms with Crippen LogP contribution < -0.4 is 5.32 Å². The molecule has 1 fully saturated rings. The van der Waals surface area contributed by atoms with E-state index >= 15 is 0 Å². The molecule has 0 bridgehead atoms. The van der Waals surface area contributed by atoms with Gasteiger partial charge in [-0.3, -0.25) is 5.32 Å². The van der Waals surface area contributed by atoms with Crippen LogP contribution >= 0.6 is 0 Å². The first-order valence-corrected chi connectivity index (χ1v) is 3.26. The molecule has 0 saturated carbocycles. The Morgan fingerprint density at radius 2 is 1.70 bits per heavy atom. The molecule has 4 nitrogen and oxygen atoms in total. The molecule has 0 aromatic rings. The number of nitrogens with one attached hydrogen (secondary N) is 1. The lowest BCUT2D eigenvalue weighted by molar-refractivity contribution is -0.122. The second-order valence-electron chi connectivity index (χ2n) is 2.15. The molecule has 1 N–H and O–H groups in total. The van der Waals surface area contributed by atoms with Crippen molar-refractivity contribution in [3.8, 4) is 0 Å².